The Hall–Kier alpha value is -4.01. The van der Waals surface area contributed by atoms with E-state index in [4.69, 9.17) is 28.2 Å². The van der Waals surface area contributed by atoms with Gasteiger partial charge in [-0.15, -0.1) is 0 Å². The molecule has 3 heterocycles. The highest BCUT2D eigenvalue weighted by Crippen LogP contribution is 2.29. The monoisotopic (exact) mass is 503 g/mol. The fourth-order valence-corrected chi connectivity index (χ4v) is 4.12. The van der Waals surface area contributed by atoms with Gasteiger partial charge in [0.25, 0.3) is 5.91 Å². The number of pyridine rings is 1. The molecule has 0 atom stereocenters. The predicted octanol–water partition coefficient (Wildman–Crippen LogP) is 6.04. The molecule has 0 aliphatic rings. The third-order valence-corrected chi connectivity index (χ3v) is 5.82. The molecular weight excluding hydrogens is 485 g/mol. The molecule has 1 amide bonds. The minimum absolute atomic E-state index is 0.295. The lowest BCUT2D eigenvalue weighted by molar-refractivity contribution is 0.102. The first kappa shape index (κ1) is 22.8. The standard InChI is InChI=1S/C25H19Cl2N7O/c1-14-5-6-15(25(35)30-19-10-17(26)9-18(27)11-19)8-21(14)31-23-20-13-29-34(2)24(20)33-22(32-23)16-4-3-7-28-12-16/h3-13H,1-2H3,(H,30,35)(H,31,32,33). The molecule has 2 aromatic carbocycles. The van der Waals surface area contributed by atoms with Crippen LogP contribution in [0.1, 0.15) is 15.9 Å². The number of nitrogens with one attached hydrogen (secondary N) is 2. The summed E-state index contributed by atoms with van der Waals surface area (Å²) >= 11 is 12.1. The zero-order chi connectivity index (χ0) is 24.5. The van der Waals surface area contributed by atoms with E-state index in [2.05, 4.69) is 25.7 Å². The van der Waals surface area contributed by atoms with E-state index >= 15 is 0 Å². The molecule has 0 fully saturated rings. The normalized spacial score (nSPS) is 11.0. The van der Waals surface area contributed by atoms with E-state index < -0.39 is 0 Å². The lowest BCUT2D eigenvalue weighted by Gasteiger charge is -2.13. The van der Waals surface area contributed by atoms with Crippen molar-refractivity contribution in [1.82, 2.24) is 24.7 Å². The van der Waals surface area contributed by atoms with Crippen LogP contribution in [0, 0.1) is 6.92 Å². The first-order valence-corrected chi connectivity index (χ1v) is 11.4. The van der Waals surface area contributed by atoms with Crippen LogP contribution in [-0.2, 0) is 7.05 Å². The van der Waals surface area contributed by atoms with Crippen molar-refractivity contribution in [3.8, 4) is 11.4 Å². The van der Waals surface area contributed by atoms with Crippen molar-refractivity contribution >= 4 is 57.3 Å². The highest BCUT2D eigenvalue weighted by Gasteiger charge is 2.15. The molecule has 0 radical (unpaired) electrons. The summed E-state index contributed by atoms with van der Waals surface area (Å²) in [7, 11) is 1.82. The zero-order valence-corrected chi connectivity index (χ0v) is 20.3. The Labute approximate surface area is 211 Å². The Morgan fingerprint density at radius 3 is 2.54 bits per heavy atom. The summed E-state index contributed by atoms with van der Waals surface area (Å²) in [4.78, 5) is 26.5. The lowest BCUT2D eigenvalue weighted by atomic mass is 10.1. The third kappa shape index (κ3) is 4.80. The average molecular weight is 504 g/mol. The van der Waals surface area contributed by atoms with E-state index in [1.54, 1.807) is 53.6 Å². The van der Waals surface area contributed by atoms with Crippen molar-refractivity contribution in [2.75, 3.05) is 10.6 Å². The van der Waals surface area contributed by atoms with Gasteiger partial charge in [0.05, 0.1) is 11.6 Å². The van der Waals surface area contributed by atoms with Gasteiger partial charge in [-0.25, -0.2) is 9.97 Å². The molecule has 174 valence electrons. The maximum absolute atomic E-state index is 12.9. The van der Waals surface area contributed by atoms with E-state index in [1.165, 1.54) is 0 Å². The van der Waals surface area contributed by atoms with Gasteiger partial charge in [0, 0.05) is 52.0 Å². The minimum atomic E-state index is -0.295. The largest absolute Gasteiger partial charge is 0.339 e. The molecule has 0 aliphatic heterocycles. The Bertz CT molecular complexity index is 1550. The van der Waals surface area contributed by atoms with Gasteiger partial charge in [-0.3, -0.25) is 14.5 Å². The SMILES string of the molecule is Cc1ccc(C(=O)Nc2cc(Cl)cc(Cl)c2)cc1Nc1nc(-c2cccnc2)nc2c1cnn2C. The summed E-state index contributed by atoms with van der Waals surface area (Å²) < 4.78 is 1.69. The van der Waals surface area contributed by atoms with Gasteiger partial charge in [-0.2, -0.15) is 5.10 Å². The number of hydrogen-bond acceptors (Lipinski definition) is 6. The highest BCUT2D eigenvalue weighted by atomic mass is 35.5. The number of aromatic nitrogens is 5. The topological polar surface area (TPSA) is 97.6 Å². The van der Waals surface area contributed by atoms with Crippen molar-refractivity contribution in [1.29, 1.82) is 0 Å². The van der Waals surface area contributed by atoms with E-state index in [-0.39, 0.29) is 5.91 Å². The molecule has 2 N–H and O–H groups in total. The molecule has 10 heteroatoms. The number of aryl methyl sites for hydroxylation is 2. The Kier molecular flexibility index (Phi) is 6.07. The molecule has 0 bridgehead atoms. The second-order valence-electron chi connectivity index (χ2n) is 7.91. The van der Waals surface area contributed by atoms with Gasteiger partial charge in [-0.1, -0.05) is 29.3 Å². The number of fused-ring (bicyclic) bond motifs is 1. The first-order valence-electron chi connectivity index (χ1n) is 10.6. The lowest BCUT2D eigenvalue weighted by Crippen LogP contribution is -2.12. The summed E-state index contributed by atoms with van der Waals surface area (Å²) in [6.45, 7) is 1.95. The number of rotatable bonds is 5. The molecule has 0 saturated carbocycles. The van der Waals surface area contributed by atoms with Gasteiger partial charge < -0.3 is 10.6 Å². The Morgan fingerprint density at radius 2 is 1.80 bits per heavy atom. The zero-order valence-electron chi connectivity index (χ0n) is 18.8. The van der Waals surface area contributed by atoms with E-state index in [9.17, 15) is 4.79 Å². The third-order valence-electron chi connectivity index (χ3n) is 5.39. The van der Waals surface area contributed by atoms with Gasteiger partial charge in [0.1, 0.15) is 5.82 Å². The molecule has 0 aliphatic carbocycles. The Balaban J connectivity index is 1.50. The van der Waals surface area contributed by atoms with Gasteiger partial charge in [-0.05, 0) is 55.0 Å². The summed E-state index contributed by atoms with van der Waals surface area (Å²) in [6, 6.07) is 14.0. The van der Waals surface area contributed by atoms with E-state index in [1.807, 2.05) is 32.2 Å². The molecule has 35 heavy (non-hydrogen) atoms. The van der Waals surface area contributed by atoms with Crippen LogP contribution >= 0.6 is 23.2 Å². The molecule has 8 nitrogen and oxygen atoms in total. The number of nitrogens with zero attached hydrogens (tertiary/aromatic N) is 5. The van der Waals surface area contributed by atoms with Crippen LogP contribution in [0.25, 0.3) is 22.4 Å². The van der Waals surface area contributed by atoms with Gasteiger partial charge >= 0.3 is 0 Å². The van der Waals surface area contributed by atoms with Crippen LogP contribution in [0.5, 0.6) is 0 Å². The summed E-state index contributed by atoms with van der Waals surface area (Å²) in [6.07, 6.45) is 5.11. The van der Waals surface area contributed by atoms with E-state index in [0.717, 1.165) is 22.2 Å². The molecule has 5 aromatic rings. The summed E-state index contributed by atoms with van der Waals surface area (Å²) in [5.74, 6) is 0.793. The van der Waals surface area contributed by atoms with Crippen molar-refractivity contribution in [3.63, 3.8) is 0 Å². The molecular formula is C25H19Cl2N7O. The summed E-state index contributed by atoms with van der Waals surface area (Å²) in [5, 5.41) is 12.2. The van der Waals surface area contributed by atoms with Crippen molar-refractivity contribution < 1.29 is 4.79 Å². The molecule has 3 aromatic heterocycles. The number of anilines is 3. The van der Waals surface area contributed by atoms with Crippen LogP contribution in [-0.4, -0.2) is 30.6 Å². The maximum atomic E-state index is 12.9. The number of carbonyl (C=O) groups is 1. The van der Waals surface area contributed by atoms with Crippen LogP contribution in [0.3, 0.4) is 0 Å². The minimum Gasteiger partial charge on any atom is -0.339 e. The number of hydrogen-bond donors (Lipinski definition) is 2. The smallest absolute Gasteiger partial charge is 0.255 e. The second-order valence-corrected chi connectivity index (χ2v) is 8.78. The van der Waals surface area contributed by atoms with Crippen LogP contribution in [0.15, 0.2) is 67.1 Å². The maximum Gasteiger partial charge on any atom is 0.255 e. The Morgan fingerprint density at radius 1 is 1.00 bits per heavy atom. The van der Waals surface area contributed by atoms with E-state index in [0.29, 0.717) is 38.6 Å². The number of carbonyl (C=O) groups excluding carboxylic acids is 1. The van der Waals surface area contributed by atoms with Crippen molar-refractivity contribution in [3.05, 3.63) is 88.3 Å². The number of amides is 1. The van der Waals surface area contributed by atoms with Gasteiger partial charge in [0.15, 0.2) is 11.5 Å². The van der Waals surface area contributed by atoms with Crippen LogP contribution in [0.4, 0.5) is 17.2 Å². The molecule has 0 saturated heterocycles. The molecule has 0 unspecified atom stereocenters. The molecule has 0 spiro atoms. The van der Waals surface area contributed by atoms with Crippen molar-refractivity contribution in [2.45, 2.75) is 6.92 Å². The molecule has 5 rings (SSSR count). The van der Waals surface area contributed by atoms with Crippen LogP contribution in [0.2, 0.25) is 10.0 Å². The summed E-state index contributed by atoms with van der Waals surface area (Å²) in [5.41, 5.74) is 4.08. The fraction of sp³-hybridized carbons (Fsp3) is 0.0800. The van der Waals surface area contributed by atoms with Crippen LogP contribution < -0.4 is 10.6 Å². The number of halogens is 2. The predicted molar refractivity (Wildman–Crippen MR) is 138 cm³/mol. The van der Waals surface area contributed by atoms with Gasteiger partial charge in [0.2, 0.25) is 0 Å². The average Bonchev–Trinajstić information content (AvgIpc) is 3.21. The first-order chi connectivity index (χ1) is 16.9. The fourth-order valence-electron chi connectivity index (χ4n) is 3.60. The second kappa shape index (κ2) is 9.32. The quantitative estimate of drug-likeness (QED) is 0.303. The number of benzene rings is 2. The highest BCUT2D eigenvalue weighted by molar-refractivity contribution is 6.35. The van der Waals surface area contributed by atoms with Crippen molar-refractivity contribution in [2.24, 2.45) is 7.05 Å².